The van der Waals surface area contributed by atoms with Gasteiger partial charge in [-0.05, 0) is 30.3 Å². The molecule has 0 fully saturated rings. The summed E-state index contributed by atoms with van der Waals surface area (Å²) in [7, 11) is 0. The van der Waals surface area contributed by atoms with E-state index in [-0.39, 0.29) is 18.0 Å². The molecule has 7 nitrogen and oxygen atoms in total. The van der Waals surface area contributed by atoms with Crippen molar-refractivity contribution in [1.82, 2.24) is 19.7 Å². The highest BCUT2D eigenvalue weighted by molar-refractivity contribution is 6.00. The van der Waals surface area contributed by atoms with E-state index in [4.69, 9.17) is 0 Å². The maximum absolute atomic E-state index is 12.5. The fourth-order valence-electron chi connectivity index (χ4n) is 2.76. The number of amides is 1. The second-order valence-electron chi connectivity index (χ2n) is 5.89. The van der Waals surface area contributed by atoms with Crippen LogP contribution >= 0.6 is 0 Å². The van der Waals surface area contributed by atoms with Crippen LogP contribution in [-0.2, 0) is 11.3 Å². The molecule has 0 radical (unpaired) electrons. The molecule has 1 N–H and O–H groups in total. The molecule has 1 amide bonds. The molecular formula is C20H15N5O2. The summed E-state index contributed by atoms with van der Waals surface area (Å²) in [6.07, 6.45) is 4.98. The predicted molar refractivity (Wildman–Crippen MR) is 102 cm³/mol. The third kappa shape index (κ3) is 3.57. The summed E-state index contributed by atoms with van der Waals surface area (Å²) in [6.45, 7) is -0.198. The highest BCUT2D eigenvalue weighted by Gasteiger charge is 2.10. The first kappa shape index (κ1) is 16.6. The lowest BCUT2D eigenvalue weighted by molar-refractivity contribution is -0.117. The molecule has 4 aromatic rings. The lowest BCUT2D eigenvalue weighted by atomic mass is 10.2. The van der Waals surface area contributed by atoms with Gasteiger partial charge in [0.25, 0.3) is 5.56 Å². The Balaban J connectivity index is 1.59. The molecule has 4 rings (SSSR count). The molecule has 0 aliphatic rings. The molecular weight excluding hydrogens is 342 g/mol. The topological polar surface area (TPSA) is 89.8 Å². The van der Waals surface area contributed by atoms with Crippen LogP contribution in [0, 0.1) is 0 Å². The Labute approximate surface area is 154 Å². The molecule has 7 heteroatoms. The zero-order chi connectivity index (χ0) is 18.6. The van der Waals surface area contributed by atoms with Crippen molar-refractivity contribution in [1.29, 1.82) is 0 Å². The smallest absolute Gasteiger partial charge is 0.267 e. The van der Waals surface area contributed by atoms with Gasteiger partial charge in [-0.25, -0.2) is 4.68 Å². The van der Waals surface area contributed by atoms with E-state index in [1.165, 1.54) is 6.07 Å². The molecule has 0 bridgehead atoms. The highest BCUT2D eigenvalue weighted by atomic mass is 16.2. The number of rotatable bonds is 4. The quantitative estimate of drug-likeness (QED) is 0.606. The maximum atomic E-state index is 12.5. The normalized spacial score (nSPS) is 10.7. The van der Waals surface area contributed by atoms with Crippen LogP contribution in [0.5, 0.6) is 0 Å². The van der Waals surface area contributed by atoms with Crippen molar-refractivity contribution in [3.63, 3.8) is 0 Å². The number of nitrogens with one attached hydrogen (secondary N) is 1. The molecule has 0 aliphatic heterocycles. The molecule has 0 saturated carbocycles. The molecule has 0 spiro atoms. The number of nitrogens with zero attached hydrogens (tertiary/aromatic N) is 4. The minimum Gasteiger partial charge on any atom is -0.323 e. The summed E-state index contributed by atoms with van der Waals surface area (Å²) in [5.74, 6) is -0.355. The molecule has 27 heavy (non-hydrogen) atoms. The van der Waals surface area contributed by atoms with Crippen LogP contribution in [0.4, 0.5) is 5.69 Å². The van der Waals surface area contributed by atoms with E-state index in [0.29, 0.717) is 16.9 Å². The van der Waals surface area contributed by atoms with Gasteiger partial charge in [0.2, 0.25) is 5.91 Å². The van der Waals surface area contributed by atoms with Crippen LogP contribution in [0.2, 0.25) is 0 Å². The Kier molecular flexibility index (Phi) is 4.40. The van der Waals surface area contributed by atoms with Gasteiger partial charge in [-0.3, -0.25) is 19.6 Å². The Morgan fingerprint density at radius 3 is 2.70 bits per heavy atom. The fourth-order valence-corrected chi connectivity index (χ4v) is 2.76. The van der Waals surface area contributed by atoms with Crippen molar-refractivity contribution in [3.05, 3.63) is 83.5 Å². The second-order valence-corrected chi connectivity index (χ2v) is 5.89. The van der Waals surface area contributed by atoms with Crippen molar-refractivity contribution in [2.75, 3.05) is 5.32 Å². The number of para-hydroxylation sites is 1. The van der Waals surface area contributed by atoms with Gasteiger partial charge in [0, 0.05) is 35.6 Å². The van der Waals surface area contributed by atoms with Crippen LogP contribution in [0.1, 0.15) is 0 Å². The molecule has 3 heterocycles. The number of pyridine rings is 2. The average molecular weight is 357 g/mol. The van der Waals surface area contributed by atoms with Gasteiger partial charge in [-0.1, -0.05) is 18.2 Å². The van der Waals surface area contributed by atoms with Gasteiger partial charge in [-0.2, -0.15) is 5.10 Å². The van der Waals surface area contributed by atoms with Crippen LogP contribution in [0.3, 0.4) is 0 Å². The summed E-state index contributed by atoms with van der Waals surface area (Å²) in [6, 6.07) is 15.9. The lowest BCUT2D eigenvalue weighted by Gasteiger charge is -2.09. The van der Waals surface area contributed by atoms with Crippen LogP contribution in [0.25, 0.3) is 22.2 Å². The third-order valence-corrected chi connectivity index (χ3v) is 4.02. The Morgan fingerprint density at radius 2 is 1.85 bits per heavy atom. The fraction of sp³-hybridized carbons (Fsp3) is 0.0500. The number of benzene rings is 1. The number of aromatic nitrogens is 4. The van der Waals surface area contributed by atoms with Gasteiger partial charge in [-0.15, -0.1) is 0 Å². The predicted octanol–water partition coefficient (Wildman–Crippen LogP) is 2.49. The number of carbonyl (C=O) groups is 1. The van der Waals surface area contributed by atoms with E-state index < -0.39 is 0 Å². The minimum atomic E-state index is -0.355. The van der Waals surface area contributed by atoms with Crippen LogP contribution in [0.15, 0.2) is 78.0 Å². The molecule has 0 unspecified atom stereocenters. The molecule has 0 aliphatic carbocycles. The van der Waals surface area contributed by atoms with Crippen molar-refractivity contribution in [3.8, 4) is 11.3 Å². The lowest BCUT2D eigenvalue weighted by Crippen LogP contribution is -2.29. The molecule has 0 atom stereocenters. The van der Waals surface area contributed by atoms with E-state index in [0.717, 1.165) is 15.6 Å². The zero-order valence-electron chi connectivity index (χ0n) is 14.2. The summed E-state index contributed by atoms with van der Waals surface area (Å²) in [4.78, 5) is 32.9. The molecule has 1 aromatic carbocycles. The Morgan fingerprint density at radius 1 is 1.00 bits per heavy atom. The van der Waals surface area contributed by atoms with Crippen molar-refractivity contribution in [2.24, 2.45) is 0 Å². The monoisotopic (exact) mass is 357 g/mol. The van der Waals surface area contributed by atoms with E-state index in [1.807, 2.05) is 30.3 Å². The largest absolute Gasteiger partial charge is 0.323 e. The number of carbonyl (C=O) groups excluding carboxylic acids is 1. The van der Waals surface area contributed by atoms with Crippen molar-refractivity contribution >= 4 is 22.5 Å². The standard InChI is InChI=1S/C20H15N5O2/c26-18(23-17-7-1-4-14-5-3-11-22-20(14)17)13-25-19(27)9-8-16(24-25)15-6-2-10-21-12-15/h1-12H,13H2,(H,23,26). The SMILES string of the molecule is O=C(Cn1nc(-c2cccnc2)ccc1=O)Nc1cccc2cccnc12. The van der Waals surface area contributed by atoms with Crippen molar-refractivity contribution in [2.45, 2.75) is 6.54 Å². The minimum absolute atomic E-state index is 0.198. The first-order valence-electron chi connectivity index (χ1n) is 8.33. The number of hydrogen-bond donors (Lipinski definition) is 1. The summed E-state index contributed by atoms with van der Waals surface area (Å²) in [5.41, 5.74) is 2.27. The maximum Gasteiger partial charge on any atom is 0.267 e. The Hall–Kier alpha value is -3.87. The second kappa shape index (κ2) is 7.17. The number of anilines is 1. The van der Waals surface area contributed by atoms with Gasteiger partial charge in [0.15, 0.2) is 0 Å². The number of fused-ring (bicyclic) bond motifs is 1. The summed E-state index contributed by atoms with van der Waals surface area (Å²) in [5, 5.41) is 8.00. The highest BCUT2D eigenvalue weighted by Crippen LogP contribution is 2.20. The Bertz CT molecular complexity index is 1170. The van der Waals surface area contributed by atoms with E-state index >= 15 is 0 Å². The van der Waals surface area contributed by atoms with Crippen LogP contribution < -0.4 is 10.9 Å². The first-order chi connectivity index (χ1) is 13.2. The first-order valence-corrected chi connectivity index (χ1v) is 8.33. The van der Waals surface area contributed by atoms with E-state index in [2.05, 4.69) is 20.4 Å². The van der Waals surface area contributed by atoms with Gasteiger partial charge >= 0.3 is 0 Å². The molecule has 0 saturated heterocycles. The van der Waals surface area contributed by atoms with Gasteiger partial charge in [0.05, 0.1) is 16.9 Å². The van der Waals surface area contributed by atoms with Gasteiger partial charge in [0.1, 0.15) is 6.54 Å². The van der Waals surface area contributed by atoms with Gasteiger partial charge < -0.3 is 5.32 Å². The molecule has 3 aromatic heterocycles. The average Bonchev–Trinajstić information content (AvgIpc) is 2.70. The molecule has 132 valence electrons. The summed E-state index contributed by atoms with van der Waals surface area (Å²) >= 11 is 0. The number of hydrogen-bond acceptors (Lipinski definition) is 5. The van der Waals surface area contributed by atoms with E-state index in [1.54, 1.807) is 36.8 Å². The zero-order valence-corrected chi connectivity index (χ0v) is 14.2. The van der Waals surface area contributed by atoms with Crippen LogP contribution in [-0.4, -0.2) is 25.7 Å². The van der Waals surface area contributed by atoms with E-state index in [9.17, 15) is 9.59 Å². The third-order valence-electron chi connectivity index (χ3n) is 4.02. The summed E-state index contributed by atoms with van der Waals surface area (Å²) < 4.78 is 1.14. The van der Waals surface area contributed by atoms with Crippen molar-refractivity contribution < 1.29 is 4.79 Å².